The van der Waals surface area contributed by atoms with Crippen molar-refractivity contribution in [2.24, 2.45) is 0 Å². The predicted molar refractivity (Wildman–Crippen MR) is 113 cm³/mol. The zero-order chi connectivity index (χ0) is 19.3. The number of hydrogen-bond donors (Lipinski definition) is 3. The largest absolute Gasteiger partial charge is 0.368 e. The Labute approximate surface area is 166 Å². The van der Waals surface area contributed by atoms with E-state index in [1.54, 1.807) is 12.3 Å². The van der Waals surface area contributed by atoms with Crippen LogP contribution in [-0.4, -0.2) is 24.0 Å². The molecule has 0 saturated carbocycles. The molecule has 2 aromatic rings. The average molecular weight is 374 g/mol. The van der Waals surface area contributed by atoms with Crippen LogP contribution in [0.25, 0.3) is 10.4 Å². The van der Waals surface area contributed by atoms with Crippen LogP contribution in [0.2, 0.25) is 0 Å². The molecule has 144 valence electrons. The zero-order valence-electron chi connectivity index (χ0n) is 16.1. The van der Waals surface area contributed by atoms with E-state index < -0.39 is 0 Å². The molecule has 1 aliphatic carbocycles. The Kier molecular flexibility index (Phi) is 5.59. The van der Waals surface area contributed by atoms with E-state index in [9.17, 15) is 4.79 Å². The zero-order valence-corrected chi connectivity index (χ0v) is 16.1. The van der Waals surface area contributed by atoms with Gasteiger partial charge in [-0.05, 0) is 86.9 Å². The molecule has 1 amide bonds. The normalized spacial score (nSPS) is 17.6. The minimum atomic E-state index is -0.206. The number of amides is 1. The fraction of sp³-hybridized carbons (Fsp3) is 0.391. The van der Waals surface area contributed by atoms with E-state index in [1.807, 2.05) is 0 Å². The number of piperidine rings is 1. The molecule has 2 aliphatic rings. The topological polar surface area (TPSA) is 61.3 Å². The fourth-order valence-electron chi connectivity index (χ4n) is 4.20. The molecule has 0 spiro atoms. The van der Waals surface area contributed by atoms with E-state index in [0.717, 1.165) is 50.0 Å². The van der Waals surface area contributed by atoms with Gasteiger partial charge in [0.2, 0.25) is 5.69 Å². The van der Waals surface area contributed by atoms with Gasteiger partial charge in [0.15, 0.2) is 0 Å². The molecule has 1 aliphatic heterocycles. The highest BCUT2D eigenvalue weighted by Crippen LogP contribution is 2.36. The summed E-state index contributed by atoms with van der Waals surface area (Å²) in [6, 6.07) is 8.10. The minimum absolute atomic E-state index is 0.206. The van der Waals surface area contributed by atoms with Crippen molar-refractivity contribution in [3.63, 3.8) is 0 Å². The number of nitrogens with one attached hydrogen (secondary N) is 3. The molecule has 2 heterocycles. The second-order valence-electron chi connectivity index (χ2n) is 7.64. The quantitative estimate of drug-likeness (QED) is 0.641. The molecule has 1 saturated heterocycles. The Hall–Kier alpha value is -2.84. The first-order chi connectivity index (χ1) is 13.7. The Morgan fingerprint density at radius 1 is 1.18 bits per heavy atom. The van der Waals surface area contributed by atoms with E-state index in [-0.39, 0.29) is 5.91 Å². The Balaban J connectivity index is 1.64. The number of carbonyl (C=O) groups is 1. The molecule has 5 heteroatoms. The molecule has 1 aromatic carbocycles. The van der Waals surface area contributed by atoms with Crippen LogP contribution in [0.15, 0.2) is 36.5 Å². The fourth-order valence-corrected chi connectivity index (χ4v) is 4.20. The van der Waals surface area contributed by atoms with Gasteiger partial charge in [0.25, 0.3) is 5.91 Å². The third-order valence-corrected chi connectivity index (χ3v) is 5.78. The lowest BCUT2D eigenvalue weighted by Gasteiger charge is -2.25. The van der Waals surface area contributed by atoms with Crippen LogP contribution in [0.4, 0.5) is 11.4 Å². The van der Waals surface area contributed by atoms with Crippen LogP contribution in [0, 0.1) is 6.57 Å². The lowest BCUT2D eigenvalue weighted by Crippen LogP contribution is -2.26. The van der Waals surface area contributed by atoms with Crippen molar-refractivity contribution in [3.8, 4) is 0 Å². The average Bonchev–Trinajstić information content (AvgIpc) is 3.25. The summed E-state index contributed by atoms with van der Waals surface area (Å²) in [5.74, 6) is 0.376. The number of nitrogens with zero attached hydrogens (tertiary/aromatic N) is 1. The van der Waals surface area contributed by atoms with Crippen molar-refractivity contribution in [2.45, 2.75) is 44.4 Å². The van der Waals surface area contributed by atoms with Gasteiger partial charge in [-0.2, -0.15) is 0 Å². The van der Waals surface area contributed by atoms with Gasteiger partial charge in [-0.1, -0.05) is 12.1 Å². The third kappa shape index (κ3) is 4.02. The summed E-state index contributed by atoms with van der Waals surface area (Å²) in [5.41, 5.74) is 5.58. The highest BCUT2D eigenvalue weighted by Gasteiger charge is 2.19. The van der Waals surface area contributed by atoms with Gasteiger partial charge in [-0.3, -0.25) is 4.79 Å². The summed E-state index contributed by atoms with van der Waals surface area (Å²) < 4.78 is 0. The highest BCUT2D eigenvalue weighted by atomic mass is 16.1. The summed E-state index contributed by atoms with van der Waals surface area (Å²) in [7, 11) is 0. The molecular formula is C23H26N4O. The van der Waals surface area contributed by atoms with Gasteiger partial charge in [0, 0.05) is 17.4 Å². The monoisotopic (exact) mass is 374 g/mol. The number of aromatic amines is 1. The third-order valence-electron chi connectivity index (χ3n) is 5.78. The van der Waals surface area contributed by atoms with Crippen molar-refractivity contribution in [2.75, 3.05) is 18.4 Å². The molecule has 0 bridgehead atoms. The number of benzene rings is 1. The van der Waals surface area contributed by atoms with E-state index >= 15 is 0 Å². The number of hydrogen-bond acceptors (Lipinski definition) is 2. The lowest BCUT2D eigenvalue weighted by atomic mass is 9.86. The molecule has 1 fully saturated rings. The van der Waals surface area contributed by atoms with Gasteiger partial charge in [-0.15, -0.1) is 0 Å². The number of allylic oxidation sites excluding steroid dienone is 2. The van der Waals surface area contributed by atoms with Crippen molar-refractivity contribution in [3.05, 3.63) is 64.8 Å². The maximum absolute atomic E-state index is 12.7. The number of anilines is 1. The molecule has 5 nitrogen and oxygen atoms in total. The first-order valence-corrected chi connectivity index (χ1v) is 10.2. The van der Waals surface area contributed by atoms with Crippen LogP contribution < -0.4 is 10.6 Å². The molecule has 0 unspecified atom stereocenters. The van der Waals surface area contributed by atoms with Crippen molar-refractivity contribution in [1.82, 2.24) is 10.3 Å². The maximum Gasteiger partial charge on any atom is 0.270 e. The number of aromatic nitrogens is 1. The number of rotatable bonds is 4. The molecule has 1 aromatic heterocycles. The van der Waals surface area contributed by atoms with E-state index in [0.29, 0.717) is 17.3 Å². The van der Waals surface area contributed by atoms with Gasteiger partial charge >= 0.3 is 0 Å². The maximum atomic E-state index is 12.7. The highest BCUT2D eigenvalue weighted by molar-refractivity contribution is 6.05. The first-order valence-electron chi connectivity index (χ1n) is 10.2. The van der Waals surface area contributed by atoms with Crippen molar-refractivity contribution >= 4 is 22.9 Å². The van der Waals surface area contributed by atoms with Crippen molar-refractivity contribution < 1.29 is 4.79 Å². The van der Waals surface area contributed by atoms with Crippen LogP contribution in [-0.2, 0) is 0 Å². The van der Waals surface area contributed by atoms with E-state index in [2.05, 4.69) is 44.7 Å². The van der Waals surface area contributed by atoms with E-state index in [4.69, 9.17) is 6.57 Å². The Morgan fingerprint density at radius 2 is 2.04 bits per heavy atom. The van der Waals surface area contributed by atoms with Crippen LogP contribution in [0.5, 0.6) is 0 Å². The van der Waals surface area contributed by atoms with Gasteiger partial charge < -0.3 is 15.6 Å². The SMILES string of the molecule is [C-]#[N+]c1c[nH]c(C(=O)Nc2ccc(C3CCNCC3)cc2C2=CCCCC2)c1. The lowest BCUT2D eigenvalue weighted by molar-refractivity contribution is 0.102. The van der Waals surface area contributed by atoms with E-state index in [1.165, 1.54) is 24.0 Å². The summed E-state index contributed by atoms with van der Waals surface area (Å²) in [6.07, 6.45) is 10.8. The van der Waals surface area contributed by atoms with Crippen LogP contribution >= 0.6 is 0 Å². The predicted octanol–water partition coefficient (Wildman–Crippen LogP) is 5.24. The standard InChI is InChI=1S/C23H26N4O/c1-24-19-14-22(26-15-19)23(28)27-21-8-7-18(16-9-11-25-12-10-16)13-20(21)17-5-3-2-4-6-17/h5,7-8,13-16,25-26H,2-4,6,9-12H2,(H,27,28). The first kappa shape index (κ1) is 18.5. The minimum Gasteiger partial charge on any atom is -0.368 e. The molecular weight excluding hydrogens is 348 g/mol. The van der Waals surface area contributed by atoms with Crippen LogP contribution in [0.3, 0.4) is 0 Å². The summed E-state index contributed by atoms with van der Waals surface area (Å²) in [5, 5.41) is 6.50. The summed E-state index contributed by atoms with van der Waals surface area (Å²) in [4.78, 5) is 18.9. The van der Waals surface area contributed by atoms with Crippen molar-refractivity contribution in [1.29, 1.82) is 0 Å². The second kappa shape index (κ2) is 8.45. The molecule has 0 radical (unpaired) electrons. The van der Waals surface area contributed by atoms with Gasteiger partial charge in [-0.25, -0.2) is 4.85 Å². The molecule has 4 rings (SSSR count). The van der Waals surface area contributed by atoms with Gasteiger partial charge in [0.05, 0.1) is 12.3 Å². The Morgan fingerprint density at radius 3 is 2.75 bits per heavy atom. The number of carbonyl (C=O) groups excluding carboxylic acids is 1. The van der Waals surface area contributed by atoms with Gasteiger partial charge in [0.1, 0.15) is 0 Å². The summed E-state index contributed by atoms with van der Waals surface area (Å²) in [6.45, 7) is 9.20. The van der Waals surface area contributed by atoms with Crippen LogP contribution in [0.1, 0.15) is 66.1 Å². The Bertz CT molecular complexity index is 928. The second-order valence-corrected chi connectivity index (χ2v) is 7.64. The number of H-pyrrole nitrogens is 1. The molecule has 0 atom stereocenters. The molecule has 3 N–H and O–H groups in total. The smallest absolute Gasteiger partial charge is 0.270 e. The molecule has 28 heavy (non-hydrogen) atoms. The summed E-state index contributed by atoms with van der Waals surface area (Å²) >= 11 is 0.